The summed E-state index contributed by atoms with van der Waals surface area (Å²) in [4.78, 5) is 0.873. The highest BCUT2D eigenvalue weighted by Crippen LogP contribution is 2.32. The Kier molecular flexibility index (Phi) is 4.50. The fraction of sp³-hybridized carbons (Fsp3) is 0.100. The Morgan fingerprint density at radius 1 is 0.727 bits per heavy atom. The maximum atomic E-state index is 13.2. The number of aryl methyl sites for hydroxylation is 1. The molecule has 1 atom stereocenters. The van der Waals surface area contributed by atoms with E-state index in [0.29, 0.717) is 0 Å². The molecular weight excluding hydrogens is 288 g/mol. The quantitative estimate of drug-likeness (QED) is 0.670. The monoisotopic (exact) mass is 306 g/mol. The first-order chi connectivity index (χ1) is 10.8. The molecule has 22 heavy (non-hydrogen) atoms. The Labute approximate surface area is 134 Å². The molecule has 3 aromatic carbocycles. The van der Waals surface area contributed by atoms with E-state index in [4.69, 9.17) is 0 Å². The Bertz CT molecular complexity index is 726. The smallest absolute Gasteiger partial charge is 0.0893 e. The first-order valence-electron chi connectivity index (χ1n) is 7.33. The van der Waals surface area contributed by atoms with E-state index in [2.05, 4.69) is 0 Å². The molecule has 3 aromatic rings. The lowest BCUT2D eigenvalue weighted by Crippen LogP contribution is -2.09. The van der Waals surface area contributed by atoms with Gasteiger partial charge < -0.3 is 0 Å². The van der Waals surface area contributed by atoms with Crippen LogP contribution in [-0.4, -0.2) is 4.21 Å². The van der Waals surface area contributed by atoms with Crippen LogP contribution in [0.5, 0.6) is 0 Å². The van der Waals surface area contributed by atoms with Crippen LogP contribution in [-0.2, 0) is 10.8 Å². The molecule has 2 heteroatoms. The summed E-state index contributed by atoms with van der Waals surface area (Å²) in [5, 5.41) is -0.149. The first kappa shape index (κ1) is 14.7. The number of rotatable bonds is 4. The van der Waals surface area contributed by atoms with Gasteiger partial charge in [0.25, 0.3) is 0 Å². The van der Waals surface area contributed by atoms with Crippen LogP contribution in [0.3, 0.4) is 0 Å². The number of hydrogen-bond acceptors (Lipinski definition) is 1. The lowest BCUT2D eigenvalue weighted by molar-refractivity contribution is 0.678. The molecule has 0 fully saturated rings. The van der Waals surface area contributed by atoms with E-state index in [0.717, 1.165) is 21.6 Å². The second kappa shape index (κ2) is 6.71. The van der Waals surface area contributed by atoms with Crippen LogP contribution < -0.4 is 0 Å². The van der Waals surface area contributed by atoms with Gasteiger partial charge in [0, 0.05) is 4.90 Å². The molecule has 0 amide bonds. The average Bonchev–Trinajstić information content (AvgIpc) is 2.57. The van der Waals surface area contributed by atoms with Crippen molar-refractivity contribution in [2.75, 3.05) is 0 Å². The molecule has 0 saturated heterocycles. The van der Waals surface area contributed by atoms with E-state index in [9.17, 15) is 4.21 Å². The Balaban J connectivity index is 2.08. The van der Waals surface area contributed by atoms with E-state index < -0.39 is 10.8 Å². The Morgan fingerprint density at radius 2 is 1.27 bits per heavy atom. The third-order valence-corrected chi connectivity index (χ3v) is 5.33. The minimum atomic E-state index is -1.13. The van der Waals surface area contributed by atoms with Crippen LogP contribution in [0.1, 0.15) is 21.9 Å². The van der Waals surface area contributed by atoms with Crippen LogP contribution in [0.4, 0.5) is 0 Å². The molecule has 110 valence electrons. The third-order valence-electron chi connectivity index (χ3n) is 3.64. The van der Waals surface area contributed by atoms with E-state index in [1.165, 1.54) is 0 Å². The zero-order chi connectivity index (χ0) is 15.4. The molecule has 0 heterocycles. The van der Waals surface area contributed by atoms with Crippen molar-refractivity contribution in [3.63, 3.8) is 0 Å². The minimum absolute atomic E-state index is 0.149. The van der Waals surface area contributed by atoms with Crippen molar-refractivity contribution >= 4 is 10.8 Å². The molecule has 0 spiro atoms. The van der Waals surface area contributed by atoms with Crippen molar-refractivity contribution in [2.24, 2.45) is 0 Å². The van der Waals surface area contributed by atoms with Crippen LogP contribution >= 0.6 is 0 Å². The summed E-state index contributed by atoms with van der Waals surface area (Å²) in [5.41, 5.74) is 3.29. The van der Waals surface area contributed by atoms with Gasteiger partial charge in [0.15, 0.2) is 0 Å². The molecule has 0 aromatic heterocycles. The van der Waals surface area contributed by atoms with E-state index >= 15 is 0 Å². The second-order valence-corrected chi connectivity index (χ2v) is 6.85. The fourth-order valence-electron chi connectivity index (χ4n) is 2.57. The zero-order valence-electron chi connectivity index (χ0n) is 12.5. The highest BCUT2D eigenvalue weighted by atomic mass is 32.2. The molecular formula is C20H18OS. The molecule has 0 aliphatic heterocycles. The van der Waals surface area contributed by atoms with Gasteiger partial charge in [-0.2, -0.15) is 0 Å². The van der Waals surface area contributed by atoms with Crippen LogP contribution in [0.2, 0.25) is 0 Å². The lowest BCUT2D eigenvalue weighted by atomic mass is 10.0. The standard InChI is InChI=1S/C20H18OS/c1-16-9-8-14-19(15-16)22(21)20(17-10-4-2-5-11-17)18-12-6-3-7-13-18/h2-15,20H,1H3. The minimum Gasteiger partial charge on any atom is -0.253 e. The Hall–Kier alpha value is -2.19. The first-order valence-corrected chi connectivity index (χ1v) is 8.54. The van der Waals surface area contributed by atoms with Gasteiger partial charge in [-0.1, -0.05) is 72.8 Å². The van der Waals surface area contributed by atoms with E-state index in [-0.39, 0.29) is 5.25 Å². The normalized spacial score (nSPS) is 12.3. The molecule has 0 bridgehead atoms. The molecule has 0 aliphatic rings. The lowest BCUT2D eigenvalue weighted by Gasteiger charge is -2.18. The summed E-state index contributed by atoms with van der Waals surface area (Å²) in [5.74, 6) is 0. The topological polar surface area (TPSA) is 17.1 Å². The maximum absolute atomic E-state index is 13.2. The van der Waals surface area contributed by atoms with E-state index in [1.54, 1.807) is 0 Å². The van der Waals surface area contributed by atoms with Crippen LogP contribution in [0.25, 0.3) is 0 Å². The third kappa shape index (κ3) is 3.18. The summed E-state index contributed by atoms with van der Waals surface area (Å²) in [7, 11) is -1.13. The number of benzene rings is 3. The molecule has 3 rings (SSSR count). The van der Waals surface area contributed by atoms with Gasteiger partial charge in [-0.3, -0.25) is 4.21 Å². The summed E-state index contributed by atoms with van der Waals surface area (Å²) in [6.07, 6.45) is 0. The molecule has 0 aliphatic carbocycles. The van der Waals surface area contributed by atoms with E-state index in [1.807, 2.05) is 91.9 Å². The number of hydrogen-bond donors (Lipinski definition) is 0. The highest BCUT2D eigenvalue weighted by Gasteiger charge is 2.22. The molecule has 1 unspecified atom stereocenters. The fourth-order valence-corrected chi connectivity index (χ4v) is 4.17. The SMILES string of the molecule is Cc1cccc(S(=O)C(c2ccccc2)c2ccccc2)c1. The van der Waals surface area contributed by atoms with Gasteiger partial charge in [-0.15, -0.1) is 0 Å². The van der Waals surface area contributed by atoms with Gasteiger partial charge in [0.2, 0.25) is 0 Å². The molecule has 0 radical (unpaired) electrons. The van der Waals surface area contributed by atoms with Gasteiger partial charge in [0.1, 0.15) is 0 Å². The Morgan fingerprint density at radius 3 is 1.77 bits per heavy atom. The van der Waals surface area contributed by atoms with Crippen molar-refractivity contribution in [3.8, 4) is 0 Å². The second-order valence-electron chi connectivity index (χ2n) is 5.32. The molecule has 0 saturated carbocycles. The predicted molar refractivity (Wildman–Crippen MR) is 92.3 cm³/mol. The molecule has 0 N–H and O–H groups in total. The van der Waals surface area contributed by atoms with Crippen LogP contribution in [0, 0.1) is 6.92 Å². The van der Waals surface area contributed by atoms with Crippen molar-refractivity contribution in [1.82, 2.24) is 0 Å². The molecule has 1 nitrogen and oxygen atoms in total. The summed E-state index contributed by atoms with van der Waals surface area (Å²) < 4.78 is 13.2. The van der Waals surface area contributed by atoms with Gasteiger partial charge >= 0.3 is 0 Å². The highest BCUT2D eigenvalue weighted by molar-refractivity contribution is 7.85. The summed E-state index contributed by atoms with van der Waals surface area (Å²) >= 11 is 0. The zero-order valence-corrected chi connectivity index (χ0v) is 13.3. The largest absolute Gasteiger partial charge is 0.253 e. The van der Waals surface area contributed by atoms with Gasteiger partial charge in [0.05, 0.1) is 16.0 Å². The maximum Gasteiger partial charge on any atom is 0.0893 e. The van der Waals surface area contributed by atoms with Gasteiger partial charge in [-0.25, -0.2) is 0 Å². The van der Waals surface area contributed by atoms with Crippen molar-refractivity contribution in [1.29, 1.82) is 0 Å². The average molecular weight is 306 g/mol. The summed E-state index contributed by atoms with van der Waals surface area (Å²) in [6.45, 7) is 2.03. The van der Waals surface area contributed by atoms with Crippen molar-refractivity contribution < 1.29 is 4.21 Å². The van der Waals surface area contributed by atoms with Crippen molar-refractivity contribution in [2.45, 2.75) is 17.1 Å². The predicted octanol–water partition coefficient (Wildman–Crippen LogP) is 4.89. The summed E-state index contributed by atoms with van der Waals surface area (Å²) in [6, 6.07) is 28.1. The van der Waals surface area contributed by atoms with Crippen LogP contribution in [0.15, 0.2) is 89.8 Å². The van der Waals surface area contributed by atoms with Gasteiger partial charge in [-0.05, 0) is 35.7 Å². The van der Waals surface area contributed by atoms with Crippen molar-refractivity contribution in [3.05, 3.63) is 102 Å².